The molecule has 1 amide bonds. The maximum absolute atomic E-state index is 12.3. The van der Waals surface area contributed by atoms with Crippen LogP contribution in [0.4, 0.5) is 13.2 Å². The van der Waals surface area contributed by atoms with Crippen molar-refractivity contribution in [3.63, 3.8) is 0 Å². The molecule has 0 radical (unpaired) electrons. The maximum Gasteiger partial charge on any atom is 0.453 e. The van der Waals surface area contributed by atoms with Gasteiger partial charge >= 0.3 is 6.18 Å². The van der Waals surface area contributed by atoms with E-state index in [1.54, 1.807) is 0 Å². The fourth-order valence-electron chi connectivity index (χ4n) is 3.07. The Balaban J connectivity index is 1.56. The second-order valence-corrected chi connectivity index (χ2v) is 5.43. The standard InChI is InChI=1S/C11H13F3N4O/c1-5-2-10(3-6(5)10)9(19)15-4-7-16-8(18-17-7)11(12,13)14/h5-6H,2-4H2,1H3,(H,15,19)(H,16,17,18)/t5-,6+,10-/m1/s1. The molecule has 0 bridgehead atoms. The molecular weight excluding hydrogens is 261 g/mol. The summed E-state index contributed by atoms with van der Waals surface area (Å²) in [6, 6.07) is 0. The Morgan fingerprint density at radius 2 is 2.26 bits per heavy atom. The lowest BCUT2D eigenvalue weighted by molar-refractivity contribution is -0.144. The zero-order chi connectivity index (χ0) is 13.8. The highest BCUT2D eigenvalue weighted by molar-refractivity contribution is 5.87. The SMILES string of the molecule is C[C@@H]1C[C@@]2(C(=O)NCc3nc(C(F)(F)F)n[nH]3)C[C@@H]12. The molecule has 1 aromatic heterocycles. The summed E-state index contributed by atoms with van der Waals surface area (Å²) in [5.74, 6) is -0.250. The van der Waals surface area contributed by atoms with Crippen LogP contribution < -0.4 is 5.32 Å². The van der Waals surface area contributed by atoms with Gasteiger partial charge < -0.3 is 5.32 Å². The van der Waals surface area contributed by atoms with Crippen LogP contribution in [-0.4, -0.2) is 21.1 Å². The van der Waals surface area contributed by atoms with Gasteiger partial charge in [0, 0.05) is 0 Å². The lowest BCUT2D eigenvalue weighted by Crippen LogP contribution is -2.40. The number of alkyl halides is 3. The average Bonchev–Trinajstić information content (AvgIpc) is 2.72. The highest BCUT2D eigenvalue weighted by Crippen LogP contribution is 2.70. The van der Waals surface area contributed by atoms with Gasteiger partial charge in [0.1, 0.15) is 5.82 Å². The van der Waals surface area contributed by atoms with E-state index < -0.39 is 12.0 Å². The highest BCUT2D eigenvalue weighted by atomic mass is 19.4. The second kappa shape index (κ2) is 3.71. The summed E-state index contributed by atoms with van der Waals surface area (Å²) in [4.78, 5) is 15.2. The molecule has 3 rings (SSSR count). The van der Waals surface area contributed by atoms with Crippen LogP contribution >= 0.6 is 0 Å². The van der Waals surface area contributed by atoms with Crippen molar-refractivity contribution in [3.8, 4) is 0 Å². The Morgan fingerprint density at radius 1 is 1.53 bits per heavy atom. The van der Waals surface area contributed by atoms with Crippen LogP contribution in [-0.2, 0) is 17.5 Å². The van der Waals surface area contributed by atoms with Gasteiger partial charge in [0.25, 0.3) is 5.82 Å². The Kier molecular flexibility index (Phi) is 2.42. The van der Waals surface area contributed by atoms with Gasteiger partial charge in [-0.15, -0.1) is 5.10 Å². The Labute approximate surface area is 107 Å². The Bertz CT molecular complexity index is 526. The van der Waals surface area contributed by atoms with E-state index in [2.05, 4.69) is 27.4 Å². The molecule has 1 aromatic rings. The van der Waals surface area contributed by atoms with Crippen molar-refractivity contribution in [3.05, 3.63) is 11.6 Å². The van der Waals surface area contributed by atoms with Gasteiger partial charge in [-0.25, -0.2) is 4.98 Å². The van der Waals surface area contributed by atoms with Gasteiger partial charge in [-0.1, -0.05) is 6.92 Å². The van der Waals surface area contributed by atoms with Crippen LogP contribution in [0.25, 0.3) is 0 Å². The lowest BCUT2D eigenvalue weighted by atomic mass is 9.75. The number of nitrogens with zero attached hydrogens (tertiary/aromatic N) is 2. The van der Waals surface area contributed by atoms with Crippen LogP contribution in [0.15, 0.2) is 0 Å². The number of hydrogen-bond donors (Lipinski definition) is 2. The molecule has 19 heavy (non-hydrogen) atoms. The van der Waals surface area contributed by atoms with E-state index in [-0.39, 0.29) is 23.7 Å². The van der Waals surface area contributed by atoms with Crippen molar-refractivity contribution in [2.75, 3.05) is 0 Å². The first kappa shape index (κ1) is 12.4. The van der Waals surface area contributed by atoms with E-state index in [9.17, 15) is 18.0 Å². The van der Waals surface area contributed by atoms with Crippen LogP contribution in [0.2, 0.25) is 0 Å². The number of nitrogens with one attached hydrogen (secondary N) is 2. The van der Waals surface area contributed by atoms with Crippen LogP contribution in [0, 0.1) is 17.3 Å². The number of fused-ring (bicyclic) bond motifs is 1. The quantitative estimate of drug-likeness (QED) is 0.877. The third-order valence-electron chi connectivity index (χ3n) is 4.16. The topological polar surface area (TPSA) is 70.7 Å². The van der Waals surface area contributed by atoms with E-state index in [1.165, 1.54) is 0 Å². The van der Waals surface area contributed by atoms with E-state index in [0.29, 0.717) is 11.8 Å². The normalized spacial score (nSPS) is 32.4. The van der Waals surface area contributed by atoms with Crippen LogP contribution in [0.3, 0.4) is 0 Å². The third-order valence-corrected chi connectivity index (χ3v) is 4.16. The zero-order valence-corrected chi connectivity index (χ0v) is 10.2. The average molecular weight is 274 g/mol. The molecule has 0 unspecified atom stereocenters. The number of amides is 1. The predicted octanol–water partition coefficient (Wildman–Crippen LogP) is 1.49. The van der Waals surface area contributed by atoms with Gasteiger partial charge in [0.05, 0.1) is 12.0 Å². The summed E-state index contributed by atoms with van der Waals surface area (Å²) in [7, 11) is 0. The molecule has 104 valence electrons. The van der Waals surface area contributed by atoms with E-state index in [4.69, 9.17) is 0 Å². The molecular formula is C11H13F3N4O. The van der Waals surface area contributed by atoms with E-state index in [0.717, 1.165) is 12.8 Å². The summed E-state index contributed by atoms with van der Waals surface area (Å²) in [6.07, 6.45) is -2.81. The monoisotopic (exact) mass is 274 g/mol. The van der Waals surface area contributed by atoms with Gasteiger partial charge in [-0.05, 0) is 24.7 Å². The summed E-state index contributed by atoms with van der Waals surface area (Å²) in [5, 5.41) is 7.88. The first-order valence-corrected chi connectivity index (χ1v) is 6.10. The fraction of sp³-hybridized carbons (Fsp3) is 0.727. The zero-order valence-electron chi connectivity index (χ0n) is 10.2. The van der Waals surface area contributed by atoms with Crippen molar-refractivity contribution < 1.29 is 18.0 Å². The first-order valence-electron chi connectivity index (χ1n) is 6.10. The number of H-pyrrole nitrogens is 1. The van der Waals surface area contributed by atoms with Crippen LogP contribution in [0.1, 0.15) is 31.4 Å². The largest absolute Gasteiger partial charge is 0.453 e. The molecule has 0 aromatic carbocycles. The molecule has 2 fully saturated rings. The minimum Gasteiger partial charge on any atom is -0.348 e. The molecule has 2 saturated carbocycles. The minimum absolute atomic E-state index is 0.0154. The van der Waals surface area contributed by atoms with Crippen molar-refractivity contribution >= 4 is 5.91 Å². The minimum atomic E-state index is -4.57. The number of rotatable bonds is 3. The number of carbonyl (C=O) groups excluding carboxylic acids is 1. The van der Waals surface area contributed by atoms with Gasteiger partial charge in [-0.3, -0.25) is 9.89 Å². The van der Waals surface area contributed by atoms with Crippen molar-refractivity contribution in [1.82, 2.24) is 20.5 Å². The van der Waals surface area contributed by atoms with Crippen LogP contribution in [0.5, 0.6) is 0 Å². The Hall–Kier alpha value is -1.60. The van der Waals surface area contributed by atoms with Gasteiger partial charge in [0.2, 0.25) is 5.91 Å². The van der Waals surface area contributed by atoms with Gasteiger partial charge in [0.15, 0.2) is 0 Å². The lowest BCUT2D eigenvalue weighted by Gasteiger charge is -2.30. The fourth-order valence-corrected chi connectivity index (χ4v) is 3.07. The summed E-state index contributed by atoms with van der Waals surface area (Å²) in [6.45, 7) is 2.06. The van der Waals surface area contributed by atoms with Gasteiger partial charge in [-0.2, -0.15) is 13.2 Å². The number of hydrogen-bond acceptors (Lipinski definition) is 3. The highest BCUT2D eigenvalue weighted by Gasteiger charge is 2.69. The third kappa shape index (κ3) is 1.89. The number of carbonyl (C=O) groups is 1. The maximum atomic E-state index is 12.3. The van der Waals surface area contributed by atoms with E-state index >= 15 is 0 Å². The molecule has 3 atom stereocenters. The number of aromatic nitrogens is 3. The molecule has 2 aliphatic carbocycles. The molecule has 0 saturated heterocycles. The number of aromatic amines is 1. The van der Waals surface area contributed by atoms with Crippen molar-refractivity contribution in [2.24, 2.45) is 17.3 Å². The molecule has 2 aliphatic rings. The summed E-state index contributed by atoms with van der Waals surface area (Å²) < 4.78 is 36.8. The molecule has 2 N–H and O–H groups in total. The Morgan fingerprint density at radius 3 is 2.74 bits per heavy atom. The summed E-state index contributed by atoms with van der Waals surface area (Å²) in [5.41, 5.74) is -0.244. The second-order valence-electron chi connectivity index (χ2n) is 5.43. The molecule has 0 aliphatic heterocycles. The van der Waals surface area contributed by atoms with E-state index in [1.807, 2.05) is 0 Å². The molecule has 8 heteroatoms. The predicted molar refractivity (Wildman–Crippen MR) is 57.6 cm³/mol. The van der Waals surface area contributed by atoms with Crippen molar-refractivity contribution in [1.29, 1.82) is 0 Å². The molecule has 0 spiro atoms. The molecule has 1 heterocycles. The molecule has 5 nitrogen and oxygen atoms in total. The smallest absolute Gasteiger partial charge is 0.348 e. The van der Waals surface area contributed by atoms with Crippen molar-refractivity contribution in [2.45, 2.75) is 32.5 Å². The first-order chi connectivity index (χ1) is 8.83. The summed E-state index contributed by atoms with van der Waals surface area (Å²) >= 11 is 0. The number of halogens is 3.